The second-order valence-corrected chi connectivity index (χ2v) is 4.77. The van der Waals surface area contributed by atoms with Crippen LogP contribution in [0.25, 0.3) is 0 Å². The Balaban J connectivity index is 2.39. The SMILES string of the molecule is Cc1ccc(N2CCCCC2CO)c([N+](=O)[O-])c1. The number of hydrogen-bond acceptors (Lipinski definition) is 4. The summed E-state index contributed by atoms with van der Waals surface area (Å²) in [6.07, 6.45) is 2.98. The van der Waals surface area contributed by atoms with Gasteiger partial charge in [-0.25, -0.2) is 0 Å². The van der Waals surface area contributed by atoms with Crippen LogP contribution in [0, 0.1) is 17.0 Å². The molecule has 18 heavy (non-hydrogen) atoms. The van der Waals surface area contributed by atoms with Gasteiger partial charge in [0.05, 0.1) is 17.6 Å². The van der Waals surface area contributed by atoms with Gasteiger partial charge in [-0.15, -0.1) is 0 Å². The van der Waals surface area contributed by atoms with Gasteiger partial charge in [-0.05, 0) is 37.8 Å². The molecule has 0 bridgehead atoms. The Morgan fingerprint density at radius 3 is 2.94 bits per heavy atom. The van der Waals surface area contributed by atoms with Gasteiger partial charge in [-0.3, -0.25) is 10.1 Å². The Kier molecular flexibility index (Phi) is 3.81. The zero-order valence-electron chi connectivity index (χ0n) is 10.5. The molecule has 0 aliphatic carbocycles. The molecular formula is C13H18N2O3. The lowest BCUT2D eigenvalue weighted by atomic mass is 10.0. The molecule has 1 unspecified atom stereocenters. The topological polar surface area (TPSA) is 66.6 Å². The molecule has 2 rings (SSSR count). The minimum Gasteiger partial charge on any atom is -0.394 e. The lowest BCUT2D eigenvalue weighted by Gasteiger charge is -2.36. The normalized spacial score (nSPS) is 19.9. The van der Waals surface area contributed by atoms with Crippen LogP contribution in [-0.2, 0) is 0 Å². The maximum atomic E-state index is 11.1. The first-order valence-electron chi connectivity index (χ1n) is 6.26. The van der Waals surface area contributed by atoms with Crippen molar-refractivity contribution in [3.05, 3.63) is 33.9 Å². The number of aliphatic hydroxyl groups excluding tert-OH is 1. The van der Waals surface area contributed by atoms with Crippen molar-refractivity contribution in [3.8, 4) is 0 Å². The van der Waals surface area contributed by atoms with E-state index in [1.807, 2.05) is 17.9 Å². The number of aryl methyl sites for hydroxylation is 1. The third-order valence-electron chi connectivity index (χ3n) is 3.47. The highest BCUT2D eigenvalue weighted by molar-refractivity contribution is 5.65. The number of rotatable bonds is 3. The first-order chi connectivity index (χ1) is 8.63. The number of aliphatic hydroxyl groups is 1. The van der Waals surface area contributed by atoms with E-state index in [0.29, 0.717) is 5.69 Å². The Hall–Kier alpha value is -1.62. The summed E-state index contributed by atoms with van der Waals surface area (Å²) in [7, 11) is 0. The van der Waals surface area contributed by atoms with Gasteiger partial charge >= 0.3 is 0 Å². The number of benzene rings is 1. The first-order valence-corrected chi connectivity index (χ1v) is 6.26. The van der Waals surface area contributed by atoms with Crippen LogP contribution in [0.15, 0.2) is 18.2 Å². The van der Waals surface area contributed by atoms with E-state index in [1.54, 1.807) is 12.1 Å². The minimum atomic E-state index is -0.342. The molecular weight excluding hydrogens is 232 g/mol. The molecule has 5 nitrogen and oxygen atoms in total. The van der Waals surface area contributed by atoms with Crippen molar-refractivity contribution in [1.29, 1.82) is 0 Å². The minimum absolute atomic E-state index is 0.000145. The molecule has 0 aromatic heterocycles. The smallest absolute Gasteiger partial charge is 0.292 e. The predicted octanol–water partition coefficient (Wildman–Crippen LogP) is 2.25. The number of nitro groups is 1. The van der Waals surface area contributed by atoms with Crippen molar-refractivity contribution in [2.45, 2.75) is 32.2 Å². The van der Waals surface area contributed by atoms with E-state index in [2.05, 4.69) is 0 Å². The lowest BCUT2D eigenvalue weighted by Crippen LogP contribution is -2.42. The Morgan fingerprint density at radius 1 is 1.50 bits per heavy atom. The molecule has 1 aliphatic heterocycles. The molecule has 0 saturated carbocycles. The maximum Gasteiger partial charge on any atom is 0.292 e. The molecule has 1 fully saturated rings. The number of hydrogen-bond donors (Lipinski definition) is 1. The molecule has 0 spiro atoms. The summed E-state index contributed by atoms with van der Waals surface area (Å²) in [5.74, 6) is 0. The first kappa shape index (κ1) is 12.8. The Morgan fingerprint density at radius 2 is 2.28 bits per heavy atom. The van der Waals surface area contributed by atoms with E-state index in [9.17, 15) is 15.2 Å². The Labute approximate surface area is 106 Å². The van der Waals surface area contributed by atoms with E-state index in [0.717, 1.165) is 31.4 Å². The highest BCUT2D eigenvalue weighted by atomic mass is 16.6. The third-order valence-corrected chi connectivity index (χ3v) is 3.47. The van der Waals surface area contributed by atoms with Gasteiger partial charge in [0, 0.05) is 12.6 Å². The van der Waals surface area contributed by atoms with Gasteiger partial charge in [0.1, 0.15) is 5.69 Å². The maximum absolute atomic E-state index is 11.1. The summed E-state index contributed by atoms with van der Waals surface area (Å²) < 4.78 is 0. The molecule has 5 heteroatoms. The molecule has 98 valence electrons. The lowest BCUT2D eigenvalue weighted by molar-refractivity contribution is -0.384. The van der Waals surface area contributed by atoms with Crippen LogP contribution in [0.4, 0.5) is 11.4 Å². The second-order valence-electron chi connectivity index (χ2n) is 4.77. The van der Waals surface area contributed by atoms with Crippen LogP contribution in [0.5, 0.6) is 0 Å². The molecule has 1 N–H and O–H groups in total. The largest absolute Gasteiger partial charge is 0.394 e. The van der Waals surface area contributed by atoms with Crippen molar-refractivity contribution in [3.63, 3.8) is 0 Å². The number of anilines is 1. The fourth-order valence-corrected chi connectivity index (χ4v) is 2.53. The van der Waals surface area contributed by atoms with Gasteiger partial charge in [0.15, 0.2) is 0 Å². The molecule has 0 radical (unpaired) electrons. The van der Waals surface area contributed by atoms with E-state index < -0.39 is 0 Å². The summed E-state index contributed by atoms with van der Waals surface area (Å²) in [6, 6.07) is 5.27. The van der Waals surface area contributed by atoms with Crippen molar-refractivity contribution in [2.75, 3.05) is 18.1 Å². The molecule has 1 atom stereocenters. The molecule has 1 aliphatic rings. The molecule has 1 saturated heterocycles. The third kappa shape index (κ3) is 2.46. The van der Waals surface area contributed by atoms with Gasteiger partial charge in [-0.2, -0.15) is 0 Å². The number of nitro benzene ring substituents is 1. The highest BCUT2D eigenvalue weighted by Gasteiger charge is 2.27. The molecule has 1 aromatic carbocycles. The summed E-state index contributed by atoms with van der Waals surface area (Å²) >= 11 is 0. The van der Waals surface area contributed by atoms with E-state index in [1.165, 1.54) is 0 Å². The summed E-state index contributed by atoms with van der Waals surface area (Å²) in [5, 5.41) is 20.5. The van der Waals surface area contributed by atoms with Crippen molar-refractivity contribution in [2.24, 2.45) is 0 Å². The van der Waals surface area contributed by atoms with E-state index in [-0.39, 0.29) is 23.3 Å². The van der Waals surface area contributed by atoms with E-state index >= 15 is 0 Å². The number of piperidine rings is 1. The summed E-state index contributed by atoms with van der Waals surface area (Å²) in [6.45, 7) is 2.66. The van der Waals surface area contributed by atoms with Gasteiger partial charge < -0.3 is 10.0 Å². The Bertz CT molecular complexity index is 448. The quantitative estimate of drug-likeness (QED) is 0.660. The van der Waals surface area contributed by atoms with Crippen molar-refractivity contribution >= 4 is 11.4 Å². The van der Waals surface area contributed by atoms with Crippen LogP contribution >= 0.6 is 0 Å². The van der Waals surface area contributed by atoms with Crippen LogP contribution in [0.2, 0.25) is 0 Å². The number of nitrogens with zero attached hydrogens (tertiary/aromatic N) is 2. The van der Waals surface area contributed by atoms with Crippen LogP contribution in [0.3, 0.4) is 0 Å². The predicted molar refractivity (Wildman–Crippen MR) is 69.9 cm³/mol. The monoisotopic (exact) mass is 250 g/mol. The fourth-order valence-electron chi connectivity index (χ4n) is 2.53. The van der Waals surface area contributed by atoms with Gasteiger partial charge in [-0.1, -0.05) is 6.07 Å². The van der Waals surface area contributed by atoms with Crippen LogP contribution in [-0.4, -0.2) is 29.2 Å². The highest BCUT2D eigenvalue weighted by Crippen LogP contribution is 2.33. The van der Waals surface area contributed by atoms with Crippen LogP contribution in [0.1, 0.15) is 24.8 Å². The molecule has 1 aromatic rings. The van der Waals surface area contributed by atoms with Gasteiger partial charge in [0.2, 0.25) is 0 Å². The summed E-state index contributed by atoms with van der Waals surface area (Å²) in [4.78, 5) is 12.8. The molecule has 0 amide bonds. The van der Waals surface area contributed by atoms with Crippen molar-refractivity contribution in [1.82, 2.24) is 0 Å². The summed E-state index contributed by atoms with van der Waals surface area (Å²) in [5.41, 5.74) is 1.64. The zero-order valence-corrected chi connectivity index (χ0v) is 10.5. The zero-order chi connectivity index (χ0) is 13.1. The average molecular weight is 250 g/mol. The average Bonchev–Trinajstić information content (AvgIpc) is 2.38. The second kappa shape index (κ2) is 5.35. The fraction of sp³-hybridized carbons (Fsp3) is 0.538. The van der Waals surface area contributed by atoms with E-state index in [4.69, 9.17) is 0 Å². The van der Waals surface area contributed by atoms with Crippen molar-refractivity contribution < 1.29 is 10.0 Å². The molecule has 1 heterocycles. The van der Waals surface area contributed by atoms with Crippen LogP contribution < -0.4 is 4.90 Å². The van der Waals surface area contributed by atoms with Gasteiger partial charge in [0.25, 0.3) is 5.69 Å². The standard InChI is InChI=1S/C13H18N2O3/c1-10-5-6-12(13(8-10)15(17)18)14-7-3-2-4-11(14)9-16/h5-6,8,11,16H,2-4,7,9H2,1H3.